The van der Waals surface area contributed by atoms with E-state index in [9.17, 15) is 14.0 Å². The van der Waals surface area contributed by atoms with Crippen molar-refractivity contribution in [3.8, 4) is 11.3 Å². The highest BCUT2D eigenvalue weighted by atomic mass is 32.2. The monoisotopic (exact) mass is 424 g/mol. The van der Waals surface area contributed by atoms with Gasteiger partial charge in [-0.3, -0.25) is 14.7 Å². The predicted octanol–water partition coefficient (Wildman–Crippen LogP) is 3.96. The van der Waals surface area contributed by atoms with E-state index in [0.29, 0.717) is 23.5 Å². The highest BCUT2D eigenvalue weighted by molar-refractivity contribution is 8.00. The second kappa shape index (κ2) is 8.71. The molecule has 2 aromatic carbocycles. The second-order valence-corrected chi connectivity index (χ2v) is 8.18. The Morgan fingerprint density at radius 2 is 2.00 bits per heavy atom. The number of nitrogens with zero attached hydrogens (tertiary/aromatic N) is 2. The first kappa shape index (κ1) is 20.2. The number of halogens is 1. The van der Waals surface area contributed by atoms with Crippen LogP contribution in [0.15, 0.2) is 53.4 Å². The van der Waals surface area contributed by atoms with E-state index >= 15 is 0 Å². The number of rotatable bonds is 6. The van der Waals surface area contributed by atoms with Gasteiger partial charge in [-0.1, -0.05) is 0 Å². The molecular formula is C22H21FN4O2S. The molecule has 0 fully saturated rings. The number of thioether (sulfide) groups is 1. The summed E-state index contributed by atoms with van der Waals surface area (Å²) in [6, 6.07) is 13.6. The van der Waals surface area contributed by atoms with E-state index in [1.54, 1.807) is 36.2 Å². The zero-order chi connectivity index (χ0) is 21.1. The Kier molecular flexibility index (Phi) is 5.85. The second-order valence-electron chi connectivity index (χ2n) is 7.16. The van der Waals surface area contributed by atoms with Gasteiger partial charge in [0.2, 0.25) is 5.91 Å². The minimum atomic E-state index is -0.276. The third-order valence-corrected chi connectivity index (χ3v) is 5.99. The zero-order valence-electron chi connectivity index (χ0n) is 16.4. The number of nitrogens with one attached hydrogen (secondary N) is 2. The maximum atomic E-state index is 13.1. The number of carbonyl (C=O) groups is 2. The average Bonchev–Trinajstić information content (AvgIpc) is 3.22. The lowest BCUT2D eigenvalue weighted by Crippen LogP contribution is -2.28. The van der Waals surface area contributed by atoms with Crippen LogP contribution in [0.2, 0.25) is 0 Å². The molecule has 2 amide bonds. The number of aryl methyl sites for hydroxylation is 1. The molecule has 8 heteroatoms. The first-order chi connectivity index (χ1) is 14.5. The molecule has 0 aliphatic carbocycles. The molecule has 30 heavy (non-hydrogen) atoms. The van der Waals surface area contributed by atoms with E-state index in [1.165, 1.54) is 23.9 Å². The van der Waals surface area contributed by atoms with E-state index in [1.807, 2.05) is 12.1 Å². The Morgan fingerprint density at radius 1 is 1.20 bits per heavy atom. The van der Waals surface area contributed by atoms with Crippen LogP contribution in [0.3, 0.4) is 0 Å². The standard InChI is InChI=1S/C22H21FN4O2S/c1-27(22(29)15-6-9-20-19(11-15)24-21(28)13-30-20)10-2-3-17-12-18(26-25-17)14-4-7-16(23)8-5-14/h4-9,11-12H,2-3,10,13H2,1H3,(H,24,28)(H,25,26). The Labute approximate surface area is 177 Å². The number of hydrogen-bond donors (Lipinski definition) is 2. The minimum absolute atomic E-state index is 0.0509. The SMILES string of the molecule is CN(CCCc1cc(-c2ccc(F)cc2)n[nH]1)C(=O)c1ccc2c(c1)NC(=O)CS2. The number of aromatic nitrogens is 2. The fourth-order valence-corrected chi connectivity index (χ4v) is 4.09. The van der Waals surface area contributed by atoms with Crippen LogP contribution in [-0.4, -0.2) is 46.3 Å². The molecule has 0 saturated heterocycles. The van der Waals surface area contributed by atoms with Gasteiger partial charge in [-0.2, -0.15) is 5.10 Å². The van der Waals surface area contributed by atoms with Crippen molar-refractivity contribution in [3.63, 3.8) is 0 Å². The molecule has 0 spiro atoms. The fourth-order valence-electron chi connectivity index (χ4n) is 3.30. The smallest absolute Gasteiger partial charge is 0.253 e. The lowest BCUT2D eigenvalue weighted by Gasteiger charge is -2.20. The van der Waals surface area contributed by atoms with Gasteiger partial charge in [-0.25, -0.2) is 4.39 Å². The van der Waals surface area contributed by atoms with Gasteiger partial charge in [0.15, 0.2) is 0 Å². The number of amides is 2. The third-order valence-electron chi connectivity index (χ3n) is 4.92. The molecule has 0 atom stereocenters. The molecule has 0 unspecified atom stereocenters. The summed E-state index contributed by atoms with van der Waals surface area (Å²) in [4.78, 5) is 27.0. The summed E-state index contributed by atoms with van der Waals surface area (Å²) in [5.41, 5.74) is 3.83. The Morgan fingerprint density at radius 3 is 2.80 bits per heavy atom. The van der Waals surface area contributed by atoms with Gasteiger partial charge in [0.05, 0.1) is 17.1 Å². The van der Waals surface area contributed by atoms with E-state index in [-0.39, 0.29) is 17.6 Å². The van der Waals surface area contributed by atoms with Crippen molar-refractivity contribution in [3.05, 3.63) is 65.6 Å². The molecule has 0 bridgehead atoms. The largest absolute Gasteiger partial charge is 0.342 e. The number of benzene rings is 2. The molecular weight excluding hydrogens is 403 g/mol. The number of hydrogen-bond acceptors (Lipinski definition) is 4. The molecule has 1 aromatic heterocycles. The van der Waals surface area contributed by atoms with Crippen molar-refractivity contribution in [2.24, 2.45) is 0 Å². The van der Waals surface area contributed by atoms with Crippen LogP contribution in [0.5, 0.6) is 0 Å². The van der Waals surface area contributed by atoms with Crippen molar-refractivity contribution in [1.29, 1.82) is 0 Å². The molecule has 1 aliphatic rings. The van der Waals surface area contributed by atoms with Gasteiger partial charge in [-0.05, 0) is 61.4 Å². The molecule has 0 saturated carbocycles. The van der Waals surface area contributed by atoms with Crippen molar-refractivity contribution in [1.82, 2.24) is 15.1 Å². The van der Waals surface area contributed by atoms with E-state index in [4.69, 9.17) is 0 Å². The highest BCUT2D eigenvalue weighted by Gasteiger charge is 2.19. The zero-order valence-corrected chi connectivity index (χ0v) is 17.3. The summed E-state index contributed by atoms with van der Waals surface area (Å²) < 4.78 is 13.1. The minimum Gasteiger partial charge on any atom is -0.342 e. The summed E-state index contributed by atoms with van der Waals surface area (Å²) in [6.07, 6.45) is 1.51. The number of anilines is 1. The lowest BCUT2D eigenvalue weighted by molar-refractivity contribution is -0.113. The predicted molar refractivity (Wildman–Crippen MR) is 115 cm³/mol. The van der Waals surface area contributed by atoms with Crippen LogP contribution >= 0.6 is 11.8 Å². The summed E-state index contributed by atoms with van der Waals surface area (Å²) in [6.45, 7) is 0.585. The van der Waals surface area contributed by atoms with Crippen molar-refractivity contribution in [2.45, 2.75) is 17.7 Å². The van der Waals surface area contributed by atoms with Gasteiger partial charge >= 0.3 is 0 Å². The highest BCUT2D eigenvalue weighted by Crippen LogP contribution is 2.32. The number of fused-ring (bicyclic) bond motifs is 1. The van der Waals surface area contributed by atoms with Gasteiger partial charge in [0.1, 0.15) is 5.82 Å². The molecule has 3 aromatic rings. The number of carbonyl (C=O) groups excluding carboxylic acids is 2. The van der Waals surface area contributed by atoms with E-state index in [0.717, 1.165) is 34.7 Å². The van der Waals surface area contributed by atoms with Crippen LogP contribution in [0.25, 0.3) is 11.3 Å². The van der Waals surface area contributed by atoms with Gasteiger partial charge in [-0.15, -0.1) is 11.8 Å². The summed E-state index contributed by atoms with van der Waals surface area (Å²) in [5.74, 6) is -0.0111. The van der Waals surface area contributed by atoms with Crippen molar-refractivity contribution < 1.29 is 14.0 Å². The van der Waals surface area contributed by atoms with Crippen LogP contribution in [0.4, 0.5) is 10.1 Å². The van der Waals surface area contributed by atoms with Crippen LogP contribution in [0.1, 0.15) is 22.5 Å². The molecule has 0 radical (unpaired) electrons. The molecule has 2 N–H and O–H groups in total. The Bertz CT molecular complexity index is 1080. The first-order valence-electron chi connectivity index (χ1n) is 9.62. The van der Waals surface area contributed by atoms with Crippen molar-refractivity contribution in [2.75, 3.05) is 24.7 Å². The Balaban J connectivity index is 1.32. The van der Waals surface area contributed by atoms with Gasteiger partial charge < -0.3 is 10.2 Å². The van der Waals surface area contributed by atoms with Crippen LogP contribution in [-0.2, 0) is 11.2 Å². The average molecular weight is 425 g/mol. The van der Waals surface area contributed by atoms with Gasteiger partial charge in [0.25, 0.3) is 5.91 Å². The van der Waals surface area contributed by atoms with Gasteiger partial charge in [0, 0.05) is 35.3 Å². The Hall–Kier alpha value is -3.13. The number of H-pyrrole nitrogens is 1. The molecule has 1 aliphatic heterocycles. The van der Waals surface area contributed by atoms with E-state index < -0.39 is 0 Å². The maximum absolute atomic E-state index is 13.1. The molecule has 2 heterocycles. The molecule has 4 rings (SSSR count). The van der Waals surface area contributed by atoms with E-state index in [2.05, 4.69) is 15.5 Å². The summed E-state index contributed by atoms with van der Waals surface area (Å²) >= 11 is 1.47. The maximum Gasteiger partial charge on any atom is 0.253 e. The first-order valence-corrected chi connectivity index (χ1v) is 10.6. The van der Waals surface area contributed by atoms with Crippen molar-refractivity contribution >= 4 is 29.3 Å². The fraction of sp³-hybridized carbons (Fsp3) is 0.227. The summed E-state index contributed by atoms with van der Waals surface area (Å²) in [7, 11) is 1.77. The normalized spacial score (nSPS) is 12.9. The lowest BCUT2D eigenvalue weighted by atomic mass is 10.1. The quantitative estimate of drug-likeness (QED) is 0.628. The molecule has 6 nitrogen and oxygen atoms in total. The molecule has 154 valence electrons. The summed E-state index contributed by atoms with van der Waals surface area (Å²) in [5, 5.41) is 10.1. The van der Waals surface area contributed by atoms with Crippen LogP contribution < -0.4 is 5.32 Å². The number of aromatic amines is 1. The third kappa shape index (κ3) is 4.54. The topological polar surface area (TPSA) is 78.1 Å². The van der Waals surface area contributed by atoms with Crippen LogP contribution in [0, 0.1) is 5.82 Å².